The van der Waals surface area contributed by atoms with Crippen molar-refractivity contribution >= 4 is 5.52 Å². The third-order valence-corrected chi connectivity index (χ3v) is 2.80. The summed E-state index contributed by atoms with van der Waals surface area (Å²) in [6, 6.07) is 14.6. The lowest BCUT2D eigenvalue weighted by Crippen LogP contribution is -1.97. The molecule has 17 heavy (non-hydrogen) atoms. The first-order valence-corrected chi connectivity index (χ1v) is 5.49. The molecule has 2 heterocycles. The molecule has 0 bridgehead atoms. The van der Waals surface area contributed by atoms with Gasteiger partial charge in [0, 0.05) is 18.3 Å². The van der Waals surface area contributed by atoms with Crippen LogP contribution >= 0.6 is 0 Å². The number of aromatic nitrogens is 2. The van der Waals surface area contributed by atoms with Crippen molar-refractivity contribution in [2.24, 2.45) is 0 Å². The molecule has 3 heteroatoms. The number of hydrogen-bond donors (Lipinski definition) is 0. The Morgan fingerprint density at radius 2 is 1.82 bits per heavy atom. The van der Waals surface area contributed by atoms with Gasteiger partial charge >= 0.3 is 0 Å². The first kappa shape index (κ1) is 10.0. The molecular weight excluding hydrogens is 215 g/mol. The fraction of sp³-hybridized carbons (Fsp3) is 0.0714. The van der Waals surface area contributed by atoms with Gasteiger partial charge in [-0.05, 0) is 42.0 Å². The monoisotopic (exact) mass is 226 g/mol. The smallest absolute Gasteiger partial charge is 0.123 e. The molecule has 0 N–H and O–H groups in total. The molecule has 3 rings (SSSR count). The first-order chi connectivity index (χ1) is 8.33. The van der Waals surface area contributed by atoms with Crippen LogP contribution in [0.2, 0.25) is 0 Å². The van der Waals surface area contributed by atoms with Crippen LogP contribution in [0.3, 0.4) is 0 Å². The van der Waals surface area contributed by atoms with Crippen LogP contribution in [-0.2, 0) is 6.42 Å². The highest BCUT2D eigenvalue weighted by molar-refractivity contribution is 5.48. The van der Waals surface area contributed by atoms with Gasteiger partial charge in [0.25, 0.3) is 0 Å². The SMILES string of the molecule is Fc1ccc(Cc2ccc3cccnn23)cc1. The van der Waals surface area contributed by atoms with Gasteiger partial charge in [0.05, 0.1) is 5.52 Å². The maximum absolute atomic E-state index is 12.8. The van der Waals surface area contributed by atoms with Crippen LogP contribution in [0, 0.1) is 5.82 Å². The van der Waals surface area contributed by atoms with E-state index in [1.165, 1.54) is 12.1 Å². The van der Waals surface area contributed by atoms with Gasteiger partial charge in [-0.2, -0.15) is 5.10 Å². The maximum atomic E-state index is 12.8. The molecule has 0 radical (unpaired) electrons. The Morgan fingerprint density at radius 3 is 2.65 bits per heavy atom. The van der Waals surface area contributed by atoms with Crippen LogP contribution < -0.4 is 0 Å². The Bertz CT molecular complexity index is 641. The molecule has 3 aromatic rings. The van der Waals surface area contributed by atoms with Crippen molar-refractivity contribution in [3.8, 4) is 0 Å². The number of fused-ring (bicyclic) bond motifs is 1. The fourth-order valence-electron chi connectivity index (χ4n) is 1.95. The molecule has 0 aliphatic rings. The van der Waals surface area contributed by atoms with Crippen LogP contribution in [-0.4, -0.2) is 9.61 Å². The summed E-state index contributed by atoms with van der Waals surface area (Å²) in [6.45, 7) is 0. The van der Waals surface area contributed by atoms with E-state index < -0.39 is 0 Å². The van der Waals surface area contributed by atoms with Crippen LogP contribution in [0.1, 0.15) is 11.3 Å². The Labute approximate surface area is 98.3 Å². The first-order valence-electron chi connectivity index (χ1n) is 5.49. The minimum absolute atomic E-state index is 0.202. The van der Waals surface area contributed by atoms with E-state index in [-0.39, 0.29) is 5.82 Å². The molecule has 2 nitrogen and oxygen atoms in total. The highest BCUT2D eigenvalue weighted by Gasteiger charge is 2.03. The number of halogens is 1. The average Bonchev–Trinajstić information content (AvgIpc) is 2.76. The van der Waals surface area contributed by atoms with Gasteiger partial charge in [-0.15, -0.1) is 0 Å². The second kappa shape index (κ2) is 4.01. The van der Waals surface area contributed by atoms with Gasteiger partial charge in [-0.3, -0.25) is 0 Å². The van der Waals surface area contributed by atoms with Crippen LogP contribution in [0.5, 0.6) is 0 Å². The van der Waals surface area contributed by atoms with E-state index >= 15 is 0 Å². The molecule has 0 fully saturated rings. The van der Waals surface area contributed by atoms with E-state index in [1.54, 1.807) is 18.3 Å². The quantitative estimate of drug-likeness (QED) is 0.656. The predicted octanol–water partition coefficient (Wildman–Crippen LogP) is 3.06. The van der Waals surface area contributed by atoms with Gasteiger partial charge in [-0.1, -0.05) is 12.1 Å². The third kappa shape index (κ3) is 1.91. The van der Waals surface area contributed by atoms with Crippen molar-refractivity contribution in [3.63, 3.8) is 0 Å². The van der Waals surface area contributed by atoms with Gasteiger partial charge in [0.1, 0.15) is 5.82 Å². The van der Waals surface area contributed by atoms with Crippen LogP contribution in [0.25, 0.3) is 5.52 Å². The average molecular weight is 226 g/mol. The van der Waals surface area contributed by atoms with E-state index in [0.717, 1.165) is 23.2 Å². The summed E-state index contributed by atoms with van der Waals surface area (Å²) in [5.41, 5.74) is 3.26. The van der Waals surface area contributed by atoms with Crippen molar-refractivity contribution in [3.05, 3.63) is 71.8 Å². The Kier molecular flexibility index (Phi) is 2.37. The van der Waals surface area contributed by atoms with Gasteiger partial charge in [0.15, 0.2) is 0 Å². The van der Waals surface area contributed by atoms with Crippen molar-refractivity contribution in [1.82, 2.24) is 9.61 Å². The van der Waals surface area contributed by atoms with Crippen LogP contribution in [0.15, 0.2) is 54.7 Å². The topological polar surface area (TPSA) is 17.3 Å². The van der Waals surface area contributed by atoms with Gasteiger partial charge in [0.2, 0.25) is 0 Å². The summed E-state index contributed by atoms with van der Waals surface area (Å²) >= 11 is 0. The van der Waals surface area contributed by atoms with E-state index in [4.69, 9.17) is 0 Å². The minimum atomic E-state index is -0.202. The summed E-state index contributed by atoms with van der Waals surface area (Å²) in [4.78, 5) is 0. The molecule has 0 spiro atoms. The Balaban J connectivity index is 1.97. The molecule has 1 aromatic carbocycles. The zero-order chi connectivity index (χ0) is 11.7. The van der Waals surface area contributed by atoms with Crippen molar-refractivity contribution < 1.29 is 4.39 Å². The van der Waals surface area contributed by atoms with Crippen LogP contribution in [0.4, 0.5) is 4.39 Å². The molecule has 84 valence electrons. The van der Waals surface area contributed by atoms with Crippen molar-refractivity contribution in [1.29, 1.82) is 0 Å². The van der Waals surface area contributed by atoms with Gasteiger partial charge in [-0.25, -0.2) is 8.91 Å². The molecule has 2 aromatic heterocycles. The number of hydrogen-bond acceptors (Lipinski definition) is 1. The molecule has 0 aliphatic carbocycles. The molecule has 0 atom stereocenters. The Morgan fingerprint density at radius 1 is 1.00 bits per heavy atom. The van der Waals surface area contributed by atoms with Gasteiger partial charge < -0.3 is 0 Å². The highest BCUT2D eigenvalue weighted by Crippen LogP contribution is 2.13. The molecule has 0 aliphatic heterocycles. The normalized spacial score (nSPS) is 10.9. The van der Waals surface area contributed by atoms with E-state index in [0.29, 0.717) is 0 Å². The second-order valence-corrected chi connectivity index (χ2v) is 3.99. The zero-order valence-electron chi connectivity index (χ0n) is 9.18. The molecule has 0 saturated heterocycles. The molecule has 0 saturated carbocycles. The summed E-state index contributed by atoms with van der Waals surface area (Å²) in [5.74, 6) is -0.202. The fourth-order valence-corrected chi connectivity index (χ4v) is 1.95. The summed E-state index contributed by atoms with van der Waals surface area (Å²) in [7, 11) is 0. The molecule has 0 amide bonds. The highest BCUT2D eigenvalue weighted by atomic mass is 19.1. The standard InChI is InChI=1S/C14H11FN2/c15-12-5-3-11(4-6-12)10-14-8-7-13-2-1-9-16-17(13)14/h1-9H,10H2. The van der Waals surface area contributed by atoms with E-state index in [2.05, 4.69) is 5.10 Å². The minimum Gasteiger partial charge on any atom is -0.238 e. The number of benzene rings is 1. The lowest BCUT2D eigenvalue weighted by molar-refractivity contribution is 0.627. The summed E-state index contributed by atoms with van der Waals surface area (Å²) in [6.07, 6.45) is 2.52. The van der Waals surface area contributed by atoms with E-state index in [1.807, 2.05) is 28.8 Å². The van der Waals surface area contributed by atoms with Crippen molar-refractivity contribution in [2.75, 3.05) is 0 Å². The maximum Gasteiger partial charge on any atom is 0.123 e. The third-order valence-electron chi connectivity index (χ3n) is 2.80. The predicted molar refractivity (Wildman–Crippen MR) is 64.4 cm³/mol. The number of nitrogens with zero attached hydrogens (tertiary/aromatic N) is 2. The molecule has 0 unspecified atom stereocenters. The zero-order valence-corrected chi connectivity index (χ0v) is 9.18. The lowest BCUT2D eigenvalue weighted by Gasteiger charge is -2.02. The lowest BCUT2D eigenvalue weighted by atomic mass is 10.1. The van der Waals surface area contributed by atoms with E-state index in [9.17, 15) is 4.39 Å². The Hall–Kier alpha value is -2.16. The second-order valence-electron chi connectivity index (χ2n) is 3.99. The van der Waals surface area contributed by atoms with Crippen molar-refractivity contribution in [2.45, 2.75) is 6.42 Å². The molecular formula is C14H11FN2. The summed E-state index contributed by atoms with van der Waals surface area (Å²) in [5, 5.41) is 4.30. The number of rotatable bonds is 2. The largest absolute Gasteiger partial charge is 0.238 e. The summed E-state index contributed by atoms with van der Waals surface area (Å²) < 4.78 is 14.7.